The molecular formula is C15H19NO2S. The number of carbonyl (C=O) groups excluding carboxylic acids is 1. The molecule has 3 nitrogen and oxygen atoms in total. The first-order valence-corrected chi connectivity index (χ1v) is 7.38. The van der Waals surface area contributed by atoms with Crippen LogP contribution in [0, 0.1) is 23.7 Å². The van der Waals surface area contributed by atoms with Crippen LogP contribution in [0.15, 0.2) is 12.1 Å². The van der Waals surface area contributed by atoms with E-state index in [0.717, 1.165) is 22.2 Å². The molecule has 1 aromatic rings. The molecule has 102 valence electrons. The second-order valence-corrected chi connectivity index (χ2v) is 6.18. The highest BCUT2D eigenvalue weighted by Gasteiger charge is 2.34. The second kappa shape index (κ2) is 6.23. The van der Waals surface area contributed by atoms with Crippen LogP contribution in [0.3, 0.4) is 0 Å². The quantitative estimate of drug-likeness (QED) is 0.857. The average molecular weight is 277 g/mol. The van der Waals surface area contributed by atoms with Crippen molar-refractivity contribution < 1.29 is 9.90 Å². The summed E-state index contributed by atoms with van der Waals surface area (Å²) in [4.78, 5) is 15.6. The van der Waals surface area contributed by atoms with Gasteiger partial charge in [0.1, 0.15) is 0 Å². The number of amides is 1. The third-order valence-electron chi connectivity index (χ3n) is 3.40. The summed E-state index contributed by atoms with van der Waals surface area (Å²) in [6.45, 7) is 3.15. The Kier molecular flexibility index (Phi) is 4.62. The topological polar surface area (TPSA) is 40.5 Å². The van der Waals surface area contributed by atoms with Crippen LogP contribution in [0.4, 0.5) is 0 Å². The first-order chi connectivity index (χ1) is 9.11. The van der Waals surface area contributed by atoms with Gasteiger partial charge in [0, 0.05) is 20.0 Å². The minimum Gasteiger partial charge on any atom is -0.395 e. The molecule has 1 aromatic heterocycles. The highest BCUT2D eigenvalue weighted by Crippen LogP contribution is 2.38. The number of nitrogens with zero attached hydrogens (tertiary/aromatic N) is 1. The van der Waals surface area contributed by atoms with Gasteiger partial charge in [0.25, 0.3) is 5.91 Å². The second-order valence-electron chi connectivity index (χ2n) is 5.10. The van der Waals surface area contributed by atoms with E-state index in [9.17, 15) is 4.79 Å². The van der Waals surface area contributed by atoms with Gasteiger partial charge in [-0.1, -0.05) is 18.8 Å². The van der Waals surface area contributed by atoms with Gasteiger partial charge in [0.05, 0.1) is 16.4 Å². The summed E-state index contributed by atoms with van der Waals surface area (Å²) in [6, 6.07) is 3.71. The van der Waals surface area contributed by atoms with E-state index < -0.39 is 0 Å². The van der Waals surface area contributed by atoms with Crippen LogP contribution >= 0.6 is 11.3 Å². The molecule has 2 atom stereocenters. The molecule has 1 amide bonds. The van der Waals surface area contributed by atoms with Crippen molar-refractivity contribution in [2.45, 2.75) is 19.8 Å². The van der Waals surface area contributed by atoms with Crippen molar-refractivity contribution in [2.75, 3.05) is 20.2 Å². The molecule has 1 saturated carbocycles. The van der Waals surface area contributed by atoms with E-state index in [4.69, 9.17) is 5.11 Å². The zero-order valence-electron chi connectivity index (χ0n) is 11.3. The molecule has 4 heteroatoms. The molecule has 1 fully saturated rings. The van der Waals surface area contributed by atoms with E-state index >= 15 is 0 Å². The Morgan fingerprint density at radius 3 is 2.95 bits per heavy atom. The number of aliphatic hydroxyl groups excluding tert-OH is 1. The third-order valence-corrected chi connectivity index (χ3v) is 4.39. The minimum atomic E-state index is 0.0759. The molecule has 1 heterocycles. The molecule has 1 aliphatic carbocycles. The number of carbonyl (C=O) groups is 1. The molecule has 0 aliphatic heterocycles. The molecule has 1 aliphatic rings. The summed E-state index contributed by atoms with van der Waals surface area (Å²) in [5, 5.41) is 8.66. The largest absolute Gasteiger partial charge is 0.395 e. The SMILES string of the molecule is CC1CC1CN(C)C(=O)c1ccc(C#CCCO)s1. The maximum absolute atomic E-state index is 12.2. The Balaban J connectivity index is 1.94. The van der Waals surface area contributed by atoms with Crippen LogP contribution in [-0.2, 0) is 0 Å². The monoisotopic (exact) mass is 277 g/mol. The summed E-state index contributed by atoms with van der Waals surface area (Å²) in [6.07, 6.45) is 1.71. The average Bonchev–Trinajstić information content (AvgIpc) is 2.91. The van der Waals surface area contributed by atoms with Crippen molar-refractivity contribution in [3.63, 3.8) is 0 Å². The summed E-state index contributed by atoms with van der Waals surface area (Å²) >= 11 is 1.42. The van der Waals surface area contributed by atoms with Gasteiger partial charge in [0.15, 0.2) is 0 Å². The molecule has 1 N–H and O–H groups in total. The minimum absolute atomic E-state index is 0.0759. The van der Waals surface area contributed by atoms with Gasteiger partial charge >= 0.3 is 0 Å². The van der Waals surface area contributed by atoms with Gasteiger partial charge in [-0.05, 0) is 30.4 Å². The predicted octanol–water partition coefficient (Wildman–Crippen LogP) is 2.21. The Labute approximate surface area is 118 Å². The molecule has 2 rings (SSSR count). The van der Waals surface area contributed by atoms with Gasteiger partial charge < -0.3 is 10.0 Å². The Bertz CT molecular complexity index is 512. The predicted molar refractivity (Wildman–Crippen MR) is 77.1 cm³/mol. The Hall–Kier alpha value is -1.31. The van der Waals surface area contributed by atoms with E-state index in [2.05, 4.69) is 18.8 Å². The van der Waals surface area contributed by atoms with Crippen molar-refractivity contribution in [2.24, 2.45) is 11.8 Å². The lowest BCUT2D eigenvalue weighted by Gasteiger charge is -2.15. The van der Waals surface area contributed by atoms with E-state index in [1.165, 1.54) is 17.8 Å². The molecular weight excluding hydrogens is 258 g/mol. The summed E-state index contributed by atoms with van der Waals surface area (Å²) < 4.78 is 0. The van der Waals surface area contributed by atoms with E-state index in [-0.39, 0.29) is 12.5 Å². The molecule has 0 saturated heterocycles. The van der Waals surface area contributed by atoms with Crippen molar-refractivity contribution in [1.82, 2.24) is 4.90 Å². The van der Waals surface area contributed by atoms with Gasteiger partial charge in [-0.3, -0.25) is 4.79 Å². The zero-order chi connectivity index (χ0) is 13.8. The smallest absolute Gasteiger partial charge is 0.263 e. The van der Waals surface area contributed by atoms with Gasteiger partial charge in [-0.2, -0.15) is 0 Å². The fourth-order valence-electron chi connectivity index (χ4n) is 2.00. The van der Waals surface area contributed by atoms with Crippen molar-refractivity contribution in [1.29, 1.82) is 0 Å². The Morgan fingerprint density at radius 1 is 1.58 bits per heavy atom. The van der Waals surface area contributed by atoms with E-state index in [1.54, 1.807) is 0 Å². The highest BCUT2D eigenvalue weighted by atomic mass is 32.1. The maximum Gasteiger partial charge on any atom is 0.263 e. The number of rotatable bonds is 4. The van der Waals surface area contributed by atoms with Gasteiger partial charge in [-0.15, -0.1) is 11.3 Å². The van der Waals surface area contributed by atoms with Crippen LogP contribution in [-0.4, -0.2) is 36.1 Å². The number of hydrogen-bond acceptors (Lipinski definition) is 3. The Morgan fingerprint density at radius 2 is 2.32 bits per heavy atom. The van der Waals surface area contributed by atoms with E-state index in [1.807, 2.05) is 24.1 Å². The van der Waals surface area contributed by atoms with Crippen molar-refractivity contribution in [3.05, 3.63) is 21.9 Å². The fraction of sp³-hybridized carbons (Fsp3) is 0.533. The number of aliphatic hydroxyl groups is 1. The third kappa shape index (κ3) is 3.82. The molecule has 0 radical (unpaired) electrons. The lowest BCUT2D eigenvalue weighted by Crippen LogP contribution is -2.28. The van der Waals surface area contributed by atoms with E-state index in [0.29, 0.717) is 12.3 Å². The molecule has 19 heavy (non-hydrogen) atoms. The summed E-state index contributed by atoms with van der Waals surface area (Å²) in [5.74, 6) is 7.35. The van der Waals surface area contributed by atoms with Crippen molar-refractivity contribution >= 4 is 17.2 Å². The number of hydrogen-bond donors (Lipinski definition) is 1. The first kappa shape index (κ1) is 14.1. The standard InChI is InChI=1S/C15H19NO2S/c1-11-9-12(11)10-16(2)15(18)14-7-6-13(19-14)5-3-4-8-17/h6-7,11-12,17H,4,8-10H2,1-2H3. The molecule has 0 spiro atoms. The molecule has 0 aromatic carbocycles. The van der Waals surface area contributed by atoms with Crippen LogP contribution in [0.1, 0.15) is 34.3 Å². The van der Waals surface area contributed by atoms with Gasteiger partial charge in [0.2, 0.25) is 0 Å². The highest BCUT2D eigenvalue weighted by molar-refractivity contribution is 7.14. The first-order valence-electron chi connectivity index (χ1n) is 6.57. The normalized spacial score (nSPS) is 20.6. The van der Waals surface area contributed by atoms with Crippen molar-refractivity contribution in [3.8, 4) is 11.8 Å². The summed E-state index contributed by atoms with van der Waals surface area (Å²) in [5.41, 5.74) is 0. The molecule has 0 bridgehead atoms. The summed E-state index contributed by atoms with van der Waals surface area (Å²) in [7, 11) is 1.87. The fourth-order valence-corrected chi connectivity index (χ4v) is 2.88. The zero-order valence-corrected chi connectivity index (χ0v) is 12.2. The maximum atomic E-state index is 12.2. The lowest BCUT2D eigenvalue weighted by molar-refractivity contribution is 0.0792. The van der Waals surface area contributed by atoms with Crippen LogP contribution in [0.2, 0.25) is 0 Å². The van der Waals surface area contributed by atoms with Crippen LogP contribution in [0.5, 0.6) is 0 Å². The van der Waals surface area contributed by atoms with Gasteiger partial charge in [-0.25, -0.2) is 0 Å². The van der Waals surface area contributed by atoms with Crippen LogP contribution < -0.4 is 0 Å². The number of thiophene rings is 1. The van der Waals surface area contributed by atoms with Crippen LogP contribution in [0.25, 0.3) is 0 Å². The molecule has 2 unspecified atom stereocenters. The lowest BCUT2D eigenvalue weighted by atomic mass is 10.3.